The number of rotatable bonds is 6. The quantitative estimate of drug-likeness (QED) is 0.590. The molecule has 2 N–H and O–H groups in total. The van der Waals surface area contributed by atoms with Crippen LogP contribution in [0.2, 0.25) is 0 Å². The van der Waals surface area contributed by atoms with Crippen LogP contribution in [0.4, 0.5) is 0 Å². The SMILES string of the molecule is CCc1ccc(OCC(=O)NNC(=O)Cn2ccc3ccccc32)c(Br)c1. The van der Waals surface area contributed by atoms with E-state index in [4.69, 9.17) is 4.74 Å². The third kappa shape index (κ3) is 4.89. The highest BCUT2D eigenvalue weighted by atomic mass is 79.9. The number of halogens is 1. The average molecular weight is 430 g/mol. The van der Waals surface area contributed by atoms with E-state index in [1.807, 2.05) is 59.3 Å². The summed E-state index contributed by atoms with van der Waals surface area (Å²) >= 11 is 3.42. The number of amides is 2. The average Bonchev–Trinajstić information content (AvgIpc) is 3.08. The molecule has 140 valence electrons. The van der Waals surface area contributed by atoms with Gasteiger partial charge in [-0.05, 0) is 57.6 Å². The zero-order chi connectivity index (χ0) is 19.2. The van der Waals surface area contributed by atoms with E-state index in [0.717, 1.165) is 21.8 Å². The smallest absolute Gasteiger partial charge is 0.276 e. The summed E-state index contributed by atoms with van der Waals surface area (Å²) in [5.41, 5.74) is 6.90. The van der Waals surface area contributed by atoms with Gasteiger partial charge in [0.2, 0.25) is 0 Å². The highest BCUT2D eigenvalue weighted by Gasteiger charge is 2.09. The van der Waals surface area contributed by atoms with Crippen molar-refractivity contribution >= 4 is 38.6 Å². The lowest BCUT2D eigenvalue weighted by Crippen LogP contribution is -2.45. The predicted octanol–water partition coefficient (Wildman–Crippen LogP) is 3.19. The van der Waals surface area contributed by atoms with Crippen LogP contribution in [-0.4, -0.2) is 23.0 Å². The Morgan fingerprint density at radius 2 is 1.85 bits per heavy atom. The summed E-state index contributed by atoms with van der Waals surface area (Å²) in [6, 6.07) is 15.4. The number of carbonyl (C=O) groups is 2. The Labute approximate surface area is 165 Å². The fourth-order valence-electron chi connectivity index (χ4n) is 2.67. The predicted molar refractivity (Wildman–Crippen MR) is 107 cm³/mol. The van der Waals surface area contributed by atoms with Crippen LogP contribution in [0.15, 0.2) is 59.2 Å². The molecule has 0 aliphatic rings. The number of ether oxygens (including phenoxy) is 1. The summed E-state index contributed by atoms with van der Waals surface area (Å²) in [5.74, 6) is -0.183. The second kappa shape index (κ2) is 8.73. The molecule has 0 spiro atoms. The number of hydrogen-bond acceptors (Lipinski definition) is 3. The van der Waals surface area contributed by atoms with Gasteiger partial charge < -0.3 is 9.30 Å². The maximum Gasteiger partial charge on any atom is 0.276 e. The number of hydrogen-bond donors (Lipinski definition) is 2. The van der Waals surface area contributed by atoms with Gasteiger partial charge in [0, 0.05) is 11.7 Å². The molecule has 3 aromatic rings. The Morgan fingerprint density at radius 3 is 2.63 bits per heavy atom. The first-order valence-electron chi connectivity index (χ1n) is 8.59. The first-order chi connectivity index (χ1) is 13.1. The number of nitrogens with zero attached hydrogens (tertiary/aromatic N) is 1. The first-order valence-corrected chi connectivity index (χ1v) is 9.39. The maximum absolute atomic E-state index is 12.1. The topological polar surface area (TPSA) is 72.4 Å². The molecule has 0 aliphatic heterocycles. The Bertz CT molecular complexity index is 968. The molecule has 0 radical (unpaired) electrons. The summed E-state index contributed by atoms with van der Waals surface area (Å²) in [7, 11) is 0. The zero-order valence-corrected chi connectivity index (χ0v) is 16.5. The lowest BCUT2D eigenvalue weighted by atomic mass is 10.2. The molecule has 0 unspecified atom stereocenters. The van der Waals surface area contributed by atoms with Crippen molar-refractivity contribution in [2.24, 2.45) is 0 Å². The van der Waals surface area contributed by atoms with Gasteiger partial charge in [-0.25, -0.2) is 0 Å². The molecule has 0 aliphatic carbocycles. The Morgan fingerprint density at radius 1 is 1.07 bits per heavy atom. The summed E-state index contributed by atoms with van der Waals surface area (Å²) in [5, 5.41) is 1.06. The van der Waals surface area contributed by atoms with Crippen molar-refractivity contribution in [2.45, 2.75) is 19.9 Å². The number of hydrazine groups is 1. The van der Waals surface area contributed by atoms with Gasteiger partial charge >= 0.3 is 0 Å². The Hall–Kier alpha value is -2.80. The minimum Gasteiger partial charge on any atom is -0.483 e. The third-order valence-corrected chi connectivity index (χ3v) is 4.72. The molecule has 0 saturated carbocycles. The van der Waals surface area contributed by atoms with E-state index in [1.165, 1.54) is 5.56 Å². The molecule has 1 aromatic heterocycles. The minimum absolute atomic E-state index is 0.110. The molecule has 2 aromatic carbocycles. The van der Waals surface area contributed by atoms with E-state index in [9.17, 15) is 9.59 Å². The molecule has 0 atom stereocenters. The van der Waals surface area contributed by atoms with Gasteiger partial charge in [0.25, 0.3) is 11.8 Å². The molecule has 3 rings (SSSR count). The van der Waals surface area contributed by atoms with E-state index in [2.05, 4.69) is 33.7 Å². The van der Waals surface area contributed by atoms with E-state index in [0.29, 0.717) is 5.75 Å². The Balaban J connectivity index is 1.47. The van der Waals surface area contributed by atoms with E-state index >= 15 is 0 Å². The normalized spacial score (nSPS) is 10.6. The van der Waals surface area contributed by atoms with Crippen LogP contribution in [0.3, 0.4) is 0 Å². The highest BCUT2D eigenvalue weighted by molar-refractivity contribution is 9.10. The summed E-state index contributed by atoms with van der Waals surface area (Å²) in [6.07, 6.45) is 2.76. The van der Waals surface area contributed by atoms with Gasteiger partial charge in [0.05, 0.1) is 4.47 Å². The van der Waals surface area contributed by atoms with Crippen LogP contribution in [0.5, 0.6) is 5.75 Å². The van der Waals surface area contributed by atoms with Crippen LogP contribution in [-0.2, 0) is 22.6 Å². The van der Waals surface area contributed by atoms with Gasteiger partial charge in [0.1, 0.15) is 12.3 Å². The van der Waals surface area contributed by atoms with E-state index in [1.54, 1.807) is 0 Å². The number of para-hydroxylation sites is 1. The van der Waals surface area contributed by atoms with Crippen molar-refractivity contribution in [1.82, 2.24) is 15.4 Å². The van der Waals surface area contributed by atoms with Gasteiger partial charge in [-0.3, -0.25) is 20.4 Å². The Kier molecular flexibility index (Phi) is 6.13. The van der Waals surface area contributed by atoms with Gasteiger partial charge in [-0.2, -0.15) is 0 Å². The summed E-state index contributed by atoms with van der Waals surface area (Å²) in [6.45, 7) is 1.98. The lowest BCUT2D eigenvalue weighted by molar-refractivity contribution is -0.130. The minimum atomic E-state index is -0.438. The van der Waals surface area contributed by atoms with Crippen LogP contribution < -0.4 is 15.6 Å². The van der Waals surface area contributed by atoms with Crippen LogP contribution in [0.25, 0.3) is 10.9 Å². The number of nitrogens with one attached hydrogen (secondary N) is 2. The van der Waals surface area contributed by atoms with Crippen molar-refractivity contribution in [3.8, 4) is 5.75 Å². The van der Waals surface area contributed by atoms with Crippen LogP contribution in [0, 0.1) is 0 Å². The highest BCUT2D eigenvalue weighted by Crippen LogP contribution is 2.26. The monoisotopic (exact) mass is 429 g/mol. The van der Waals surface area contributed by atoms with Crippen molar-refractivity contribution in [3.05, 3.63) is 64.8 Å². The first kappa shape index (κ1) is 19.0. The second-order valence-corrected chi connectivity index (χ2v) is 6.86. The maximum atomic E-state index is 12.1. The van der Waals surface area contributed by atoms with E-state index < -0.39 is 5.91 Å². The van der Waals surface area contributed by atoms with Crippen LogP contribution in [0.1, 0.15) is 12.5 Å². The standard InChI is InChI=1S/C20H20BrN3O3/c1-2-14-7-8-18(16(21)11-14)27-13-20(26)23-22-19(25)12-24-10-9-15-5-3-4-6-17(15)24/h3-11H,2,12-13H2,1H3,(H,22,25)(H,23,26). The third-order valence-electron chi connectivity index (χ3n) is 4.10. The lowest BCUT2D eigenvalue weighted by Gasteiger charge is -2.11. The fraction of sp³-hybridized carbons (Fsp3) is 0.200. The zero-order valence-electron chi connectivity index (χ0n) is 14.9. The molecule has 0 saturated heterocycles. The molecular formula is C20H20BrN3O3. The molecule has 0 fully saturated rings. The van der Waals surface area contributed by atoms with Crippen molar-refractivity contribution in [1.29, 1.82) is 0 Å². The number of carbonyl (C=O) groups excluding carboxylic acids is 2. The largest absolute Gasteiger partial charge is 0.483 e. The molecule has 2 amide bonds. The number of fused-ring (bicyclic) bond motifs is 1. The number of aryl methyl sites for hydroxylation is 1. The molecule has 1 heterocycles. The molecule has 7 heteroatoms. The van der Waals surface area contributed by atoms with Gasteiger partial charge in [-0.1, -0.05) is 31.2 Å². The number of aromatic nitrogens is 1. The summed E-state index contributed by atoms with van der Waals surface area (Å²) in [4.78, 5) is 24.0. The molecule has 27 heavy (non-hydrogen) atoms. The van der Waals surface area contributed by atoms with Crippen LogP contribution >= 0.6 is 15.9 Å². The fourth-order valence-corrected chi connectivity index (χ4v) is 3.21. The second-order valence-electron chi connectivity index (χ2n) is 6.01. The molecule has 6 nitrogen and oxygen atoms in total. The van der Waals surface area contributed by atoms with Crippen molar-refractivity contribution in [3.63, 3.8) is 0 Å². The van der Waals surface area contributed by atoms with Crippen molar-refractivity contribution in [2.75, 3.05) is 6.61 Å². The number of benzene rings is 2. The van der Waals surface area contributed by atoms with Gasteiger partial charge in [-0.15, -0.1) is 0 Å². The molecular weight excluding hydrogens is 410 g/mol. The van der Waals surface area contributed by atoms with E-state index in [-0.39, 0.29) is 19.1 Å². The summed E-state index contributed by atoms with van der Waals surface area (Å²) < 4.78 is 8.09. The van der Waals surface area contributed by atoms with Gasteiger partial charge in [0.15, 0.2) is 6.61 Å². The van der Waals surface area contributed by atoms with Crippen molar-refractivity contribution < 1.29 is 14.3 Å². The molecule has 0 bridgehead atoms.